The molecule has 0 fully saturated rings. The van der Waals surface area contributed by atoms with E-state index in [-0.39, 0.29) is 17.1 Å². The summed E-state index contributed by atoms with van der Waals surface area (Å²) in [4.78, 5) is 10.7. The Hall–Kier alpha value is -1.78. The van der Waals surface area contributed by atoms with Crippen LogP contribution in [0.25, 0.3) is 5.76 Å². The highest BCUT2D eigenvalue weighted by molar-refractivity contribution is 5.99. The van der Waals surface area contributed by atoms with Crippen molar-refractivity contribution in [1.82, 2.24) is 0 Å². The molecule has 0 aliphatic heterocycles. The third-order valence-corrected chi connectivity index (χ3v) is 2.59. The van der Waals surface area contributed by atoms with Gasteiger partial charge < -0.3 is 5.11 Å². The lowest BCUT2D eigenvalue weighted by Gasteiger charge is -2.19. The third-order valence-electron chi connectivity index (χ3n) is 2.59. The highest BCUT2D eigenvalue weighted by Crippen LogP contribution is 2.24. The highest BCUT2D eigenvalue weighted by atomic mass is 19.4. The Bertz CT molecular complexity index is 491. The number of benzene rings is 1. The zero-order valence-electron chi connectivity index (χ0n) is 10.9. The van der Waals surface area contributed by atoms with Gasteiger partial charge in [-0.25, -0.2) is 0 Å². The van der Waals surface area contributed by atoms with Crippen LogP contribution in [-0.2, 0) is 10.2 Å². The second-order valence-corrected chi connectivity index (χ2v) is 5.22. The molecule has 1 rings (SSSR count). The molecule has 1 aromatic rings. The Morgan fingerprint density at radius 3 is 1.95 bits per heavy atom. The van der Waals surface area contributed by atoms with E-state index < -0.39 is 17.7 Å². The summed E-state index contributed by atoms with van der Waals surface area (Å²) in [6, 6.07) is 6.38. The summed E-state index contributed by atoms with van der Waals surface area (Å²) in [5.74, 6) is -2.77. The lowest BCUT2D eigenvalue weighted by Crippen LogP contribution is -2.20. The molecule has 2 nitrogen and oxygen atoms in total. The van der Waals surface area contributed by atoms with Crippen molar-refractivity contribution < 1.29 is 23.1 Å². The van der Waals surface area contributed by atoms with Crippen molar-refractivity contribution >= 4 is 11.5 Å². The quantitative estimate of drug-likeness (QED) is 0.652. The molecule has 0 unspecified atom stereocenters. The van der Waals surface area contributed by atoms with Crippen molar-refractivity contribution in [1.29, 1.82) is 0 Å². The van der Waals surface area contributed by atoms with Crippen molar-refractivity contribution in [3.63, 3.8) is 0 Å². The van der Waals surface area contributed by atoms with Crippen molar-refractivity contribution in [2.24, 2.45) is 0 Å². The van der Waals surface area contributed by atoms with Crippen LogP contribution >= 0.6 is 0 Å². The molecule has 1 N–H and O–H groups in total. The van der Waals surface area contributed by atoms with Gasteiger partial charge >= 0.3 is 6.18 Å². The van der Waals surface area contributed by atoms with Crippen LogP contribution in [0.3, 0.4) is 0 Å². The molecule has 0 aliphatic rings. The molecule has 0 amide bonds. The van der Waals surface area contributed by atoms with Crippen molar-refractivity contribution in [2.75, 3.05) is 0 Å². The molecular formula is C14H15F3O2. The molecule has 5 heteroatoms. The summed E-state index contributed by atoms with van der Waals surface area (Å²) in [5.41, 5.74) is 1.05. The van der Waals surface area contributed by atoms with Crippen LogP contribution in [0.1, 0.15) is 31.9 Å². The Labute approximate surface area is 109 Å². The van der Waals surface area contributed by atoms with Crippen LogP contribution in [0.15, 0.2) is 30.3 Å². The Morgan fingerprint density at radius 1 is 1.11 bits per heavy atom. The highest BCUT2D eigenvalue weighted by Gasteiger charge is 2.37. The first-order valence-electron chi connectivity index (χ1n) is 5.64. The topological polar surface area (TPSA) is 37.3 Å². The Morgan fingerprint density at radius 2 is 1.58 bits per heavy atom. The minimum absolute atomic E-state index is 0.0976. The molecule has 19 heavy (non-hydrogen) atoms. The fourth-order valence-electron chi connectivity index (χ4n) is 1.43. The number of rotatable bonds is 2. The molecule has 0 saturated heterocycles. The van der Waals surface area contributed by atoms with Crippen molar-refractivity contribution in [3.05, 3.63) is 41.5 Å². The van der Waals surface area contributed by atoms with E-state index in [1.54, 1.807) is 12.1 Å². The number of hydrogen-bond donors (Lipinski definition) is 1. The van der Waals surface area contributed by atoms with E-state index in [1.165, 1.54) is 12.1 Å². The first-order chi connectivity index (χ1) is 8.51. The van der Waals surface area contributed by atoms with Crippen LogP contribution in [-0.4, -0.2) is 17.1 Å². The smallest absolute Gasteiger partial charge is 0.454 e. The number of carbonyl (C=O) groups excluding carboxylic acids is 1. The monoisotopic (exact) mass is 272 g/mol. The minimum atomic E-state index is -4.97. The van der Waals surface area contributed by atoms with Gasteiger partial charge in [0.25, 0.3) is 5.78 Å². The molecule has 0 radical (unpaired) electrons. The maximum atomic E-state index is 12.0. The molecule has 1 aromatic carbocycles. The molecule has 0 aromatic heterocycles. The fourth-order valence-corrected chi connectivity index (χ4v) is 1.43. The number of alkyl halides is 3. The number of carbonyl (C=O) groups is 1. The van der Waals surface area contributed by atoms with Gasteiger partial charge in [0, 0.05) is 11.6 Å². The molecule has 0 bridgehead atoms. The first kappa shape index (κ1) is 15.3. The van der Waals surface area contributed by atoms with Gasteiger partial charge in [0.1, 0.15) is 5.76 Å². The van der Waals surface area contributed by atoms with Gasteiger partial charge in [0.15, 0.2) is 0 Å². The molecule has 104 valence electrons. The average Bonchev–Trinajstić information content (AvgIpc) is 2.26. The lowest BCUT2D eigenvalue weighted by atomic mass is 9.86. The van der Waals surface area contributed by atoms with Gasteiger partial charge in [-0.3, -0.25) is 4.79 Å². The van der Waals surface area contributed by atoms with E-state index in [1.807, 2.05) is 20.8 Å². The summed E-state index contributed by atoms with van der Waals surface area (Å²) in [7, 11) is 0. The molecule has 0 atom stereocenters. The largest absolute Gasteiger partial charge is 0.507 e. The summed E-state index contributed by atoms with van der Waals surface area (Å²) < 4.78 is 36.1. The van der Waals surface area contributed by atoms with Crippen LogP contribution < -0.4 is 0 Å². The van der Waals surface area contributed by atoms with E-state index in [0.29, 0.717) is 0 Å². The Balaban J connectivity index is 2.99. The average molecular weight is 272 g/mol. The van der Waals surface area contributed by atoms with Crippen LogP contribution in [0, 0.1) is 0 Å². The molecule has 0 heterocycles. The fraction of sp³-hybridized carbons (Fsp3) is 0.357. The number of ketones is 1. The summed E-state index contributed by atoms with van der Waals surface area (Å²) >= 11 is 0. The molecular weight excluding hydrogens is 257 g/mol. The lowest BCUT2D eigenvalue weighted by molar-refractivity contribution is -0.165. The van der Waals surface area contributed by atoms with Crippen LogP contribution in [0.5, 0.6) is 0 Å². The second-order valence-electron chi connectivity index (χ2n) is 5.22. The maximum Gasteiger partial charge on any atom is 0.454 e. The zero-order valence-corrected chi connectivity index (χ0v) is 10.9. The van der Waals surface area contributed by atoms with E-state index in [9.17, 15) is 23.1 Å². The second kappa shape index (κ2) is 5.07. The normalized spacial score (nSPS) is 13.5. The van der Waals surface area contributed by atoms with Gasteiger partial charge in [-0.2, -0.15) is 13.2 Å². The van der Waals surface area contributed by atoms with Gasteiger partial charge in [-0.1, -0.05) is 45.0 Å². The predicted molar refractivity (Wildman–Crippen MR) is 66.8 cm³/mol. The SMILES string of the molecule is CC(C)(C)c1ccc(C(O)=CC(=O)C(F)(F)F)cc1. The maximum absolute atomic E-state index is 12.0. The number of hydrogen-bond acceptors (Lipinski definition) is 2. The van der Waals surface area contributed by atoms with Gasteiger partial charge in [0.2, 0.25) is 0 Å². The summed E-state index contributed by atoms with van der Waals surface area (Å²) in [5, 5.41) is 9.49. The molecule has 0 aliphatic carbocycles. The number of halogens is 3. The Kier molecular flexibility index (Phi) is 4.08. The van der Waals surface area contributed by atoms with E-state index in [4.69, 9.17) is 0 Å². The van der Waals surface area contributed by atoms with Crippen LogP contribution in [0.4, 0.5) is 13.2 Å². The number of aliphatic hydroxyl groups excluding tert-OH is 1. The molecule has 0 saturated carbocycles. The summed E-state index contributed by atoms with van der Waals surface area (Å²) in [6.45, 7) is 5.97. The zero-order chi connectivity index (χ0) is 14.8. The van der Waals surface area contributed by atoms with Gasteiger partial charge in [-0.05, 0) is 11.0 Å². The molecule has 0 spiro atoms. The van der Waals surface area contributed by atoms with E-state index in [2.05, 4.69) is 0 Å². The van der Waals surface area contributed by atoms with Gasteiger partial charge in [-0.15, -0.1) is 0 Å². The minimum Gasteiger partial charge on any atom is -0.507 e. The third kappa shape index (κ3) is 4.12. The van der Waals surface area contributed by atoms with Crippen molar-refractivity contribution in [2.45, 2.75) is 32.4 Å². The first-order valence-corrected chi connectivity index (χ1v) is 5.64. The van der Waals surface area contributed by atoms with Gasteiger partial charge in [0.05, 0.1) is 0 Å². The number of allylic oxidation sites excluding steroid dienone is 1. The van der Waals surface area contributed by atoms with E-state index >= 15 is 0 Å². The summed E-state index contributed by atoms with van der Waals surface area (Å²) in [6.07, 6.45) is -4.79. The number of aliphatic hydroxyl groups is 1. The van der Waals surface area contributed by atoms with Crippen LogP contribution in [0.2, 0.25) is 0 Å². The standard InChI is InChI=1S/C14H15F3O2/c1-13(2,3)10-6-4-9(5-7-10)11(18)8-12(19)14(15,16)17/h4-8,18H,1-3H3. The predicted octanol–water partition coefficient (Wildman–Crippen LogP) is 4.01. The van der Waals surface area contributed by atoms with E-state index in [0.717, 1.165) is 5.56 Å². The van der Waals surface area contributed by atoms with Crippen molar-refractivity contribution in [3.8, 4) is 0 Å².